The van der Waals surface area contributed by atoms with E-state index in [2.05, 4.69) is 11.1 Å². The molecule has 19 heavy (non-hydrogen) atoms. The first-order valence-corrected chi connectivity index (χ1v) is 6.93. The summed E-state index contributed by atoms with van der Waals surface area (Å²) in [4.78, 5) is 5.61. The molecule has 0 atom stereocenters. The van der Waals surface area contributed by atoms with Gasteiger partial charge in [-0.25, -0.2) is 4.98 Å². The monoisotopic (exact) mass is 275 g/mol. The van der Waals surface area contributed by atoms with Gasteiger partial charge < -0.3 is 10.5 Å². The number of aryl methyl sites for hydroxylation is 2. The standard InChI is InChI=1S/C14H17N3OS/c1-9-8-10(2)17-14(12(9)13(15)16)18-6-5-11-4-3-7-19-11/h3-4,7-8H,5-6H2,1-2H3,(H3,15,16). The van der Waals surface area contributed by atoms with E-state index in [-0.39, 0.29) is 5.84 Å². The van der Waals surface area contributed by atoms with Crippen molar-refractivity contribution in [3.05, 3.63) is 45.3 Å². The van der Waals surface area contributed by atoms with Crippen LogP contribution >= 0.6 is 11.3 Å². The lowest BCUT2D eigenvalue weighted by Crippen LogP contribution is -2.17. The van der Waals surface area contributed by atoms with E-state index in [1.807, 2.05) is 31.4 Å². The van der Waals surface area contributed by atoms with E-state index < -0.39 is 0 Å². The molecule has 0 unspecified atom stereocenters. The largest absolute Gasteiger partial charge is 0.477 e. The zero-order valence-electron chi connectivity index (χ0n) is 11.1. The van der Waals surface area contributed by atoms with E-state index >= 15 is 0 Å². The van der Waals surface area contributed by atoms with Crippen LogP contribution in [0.3, 0.4) is 0 Å². The molecule has 0 fully saturated rings. The van der Waals surface area contributed by atoms with Crippen molar-refractivity contribution in [2.24, 2.45) is 5.73 Å². The van der Waals surface area contributed by atoms with Crippen LogP contribution in [0.1, 0.15) is 21.7 Å². The van der Waals surface area contributed by atoms with Crippen molar-refractivity contribution in [1.82, 2.24) is 4.98 Å². The summed E-state index contributed by atoms with van der Waals surface area (Å²) in [5.74, 6) is 0.456. The van der Waals surface area contributed by atoms with Gasteiger partial charge in [0.15, 0.2) is 0 Å². The van der Waals surface area contributed by atoms with Gasteiger partial charge in [0.05, 0.1) is 12.2 Å². The molecule has 0 aliphatic heterocycles. The number of ether oxygens (including phenoxy) is 1. The Kier molecular flexibility index (Phi) is 4.16. The lowest BCUT2D eigenvalue weighted by molar-refractivity contribution is 0.309. The third kappa shape index (κ3) is 3.32. The molecular weight excluding hydrogens is 258 g/mol. The Balaban J connectivity index is 2.12. The lowest BCUT2D eigenvalue weighted by Gasteiger charge is -2.12. The minimum Gasteiger partial charge on any atom is -0.477 e. The number of nitrogens with one attached hydrogen (secondary N) is 1. The van der Waals surface area contributed by atoms with Gasteiger partial charge in [0.2, 0.25) is 5.88 Å². The van der Waals surface area contributed by atoms with Crippen LogP contribution in [0, 0.1) is 19.3 Å². The molecule has 4 nitrogen and oxygen atoms in total. The minimum absolute atomic E-state index is 0.00359. The molecular formula is C14H17N3OS. The van der Waals surface area contributed by atoms with E-state index in [9.17, 15) is 0 Å². The Morgan fingerprint density at radius 2 is 2.26 bits per heavy atom. The summed E-state index contributed by atoms with van der Waals surface area (Å²) < 4.78 is 5.71. The number of thiophene rings is 1. The van der Waals surface area contributed by atoms with Gasteiger partial charge in [-0.15, -0.1) is 11.3 Å². The second-order valence-electron chi connectivity index (χ2n) is 4.35. The number of nitrogens with zero attached hydrogens (tertiary/aromatic N) is 1. The quantitative estimate of drug-likeness (QED) is 0.651. The number of nitrogens with two attached hydrogens (primary N) is 1. The summed E-state index contributed by atoms with van der Waals surface area (Å²) >= 11 is 1.71. The van der Waals surface area contributed by atoms with Crippen LogP contribution in [0.15, 0.2) is 23.6 Å². The molecule has 0 aliphatic rings. The summed E-state index contributed by atoms with van der Waals surface area (Å²) in [7, 11) is 0. The molecule has 2 rings (SSSR count). The Labute approximate surface area is 116 Å². The van der Waals surface area contributed by atoms with Gasteiger partial charge in [-0.2, -0.15) is 0 Å². The van der Waals surface area contributed by atoms with Crippen LogP contribution in [0.2, 0.25) is 0 Å². The van der Waals surface area contributed by atoms with E-state index in [1.54, 1.807) is 11.3 Å². The predicted molar refractivity (Wildman–Crippen MR) is 78.2 cm³/mol. The zero-order valence-corrected chi connectivity index (χ0v) is 11.9. The molecule has 0 aromatic carbocycles. The normalized spacial score (nSPS) is 10.4. The second-order valence-corrected chi connectivity index (χ2v) is 5.38. The molecule has 5 heteroatoms. The molecule has 0 amide bonds. The second kappa shape index (κ2) is 5.84. The maximum absolute atomic E-state index is 7.62. The Hall–Kier alpha value is -1.88. The highest BCUT2D eigenvalue weighted by Crippen LogP contribution is 2.21. The van der Waals surface area contributed by atoms with Gasteiger partial charge in [0, 0.05) is 17.0 Å². The fraction of sp³-hybridized carbons (Fsp3) is 0.286. The first-order valence-electron chi connectivity index (χ1n) is 6.05. The molecule has 0 radical (unpaired) electrons. The summed E-state index contributed by atoms with van der Waals surface area (Å²) in [5.41, 5.74) is 7.98. The number of amidine groups is 1. The van der Waals surface area contributed by atoms with Gasteiger partial charge in [-0.05, 0) is 36.9 Å². The van der Waals surface area contributed by atoms with Crippen molar-refractivity contribution < 1.29 is 4.74 Å². The molecule has 0 spiro atoms. The highest BCUT2D eigenvalue weighted by atomic mass is 32.1. The fourth-order valence-electron chi connectivity index (χ4n) is 1.94. The summed E-state index contributed by atoms with van der Waals surface area (Å²) in [6.07, 6.45) is 0.837. The number of aromatic nitrogens is 1. The first kappa shape index (κ1) is 13.5. The van der Waals surface area contributed by atoms with Crippen molar-refractivity contribution >= 4 is 17.2 Å². The molecule has 2 heterocycles. The SMILES string of the molecule is Cc1cc(C)c(C(=N)N)c(OCCc2cccs2)n1. The van der Waals surface area contributed by atoms with Crippen molar-refractivity contribution in [2.75, 3.05) is 6.61 Å². The molecule has 3 N–H and O–H groups in total. The van der Waals surface area contributed by atoms with Gasteiger partial charge in [-0.1, -0.05) is 6.07 Å². The van der Waals surface area contributed by atoms with Crippen molar-refractivity contribution in [3.8, 4) is 5.88 Å². The van der Waals surface area contributed by atoms with Crippen molar-refractivity contribution in [1.29, 1.82) is 5.41 Å². The Bertz CT molecular complexity index is 579. The van der Waals surface area contributed by atoms with Gasteiger partial charge >= 0.3 is 0 Å². The third-order valence-electron chi connectivity index (χ3n) is 2.75. The number of hydrogen-bond donors (Lipinski definition) is 2. The average molecular weight is 275 g/mol. The maximum atomic E-state index is 7.62. The van der Waals surface area contributed by atoms with E-state index in [0.717, 1.165) is 17.7 Å². The van der Waals surface area contributed by atoms with Crippen LogP contribution in [-0.4, -0.2) is 17.4 Å². The van der Waals surface area contributed by atoms with Crippen LogP contribution in [0.25, 0.3) is 0 Å². The molecule has 0 saturated heterocycles. The summed E-state index contributed by atoms with van der Waals surface area (Å²) in [6, 6.07) is 6.01. The van der Waals surface area contributed by atoms with Crippen LogP contribution in [0.5, 0.6) is 5.88 Å². The molecule has 0 saturated carbocycles. The topological polar surface area (TPSA) is 72.0 Å². The minimum atomic E-state index is -0.00359. The molecule has 0 aliphatic carbocycles. The summed E-state index contributed by atoms with van der Waals surface area (Å²) in [6.45, 7) is 4.36. The van der Waals surface area contributed by atoms with Crippen LogP contribution in [-0.2, 0) is 6.42 Å². The summed E-state index contributed by atoms with van der Waals surface area (Å²) in [5, 5.41) is 9.67. The van der Waals surface area contributed by atoms with E-state index in [1.165, 1.54) is 4.88 Å². The number of hydrogen-bond acceptors (Lipinski definition) is 4. The zero-order chi connectivity index (χ0) is 13.8. The van der Waals surface area contributed by atoms with E-state index in [4.69, 9.17) is 15.9 Å². The van der Waals surface area contributed by atoms with Gasteiger partial charge in [0.25, 0.3) is 0 Å². The van der Waals surface area contributed by atoms with Crippen LogP contribution < -0.4 is 10.5 Å². The number of pyridine rings is 1. The Morgan fingerprint density at radius 3 is 2.89 bits per heavy atom. The van der Waals surface area contributed by atoms with Crippen molar-refractivity contribution in [3.63, 3.8) is 0 Å². The van der Waals surface area contributed by atoms with Gasteiger partial charge in [0.1, 0.15) is 5.84 Å². The molecule has 0 bridgehead atoms. The number of nitrogen functional groups attached to an aromatic ring is 1. The fourth-order valence-corrected chi connectivity index (χ4v) is 2.63. The third-order valence-corrected chi connectivity index (χ3v) is 3.68. The highest BCUT2D eigenvalue weighted by molar-refractivity contribution is 7.09. The molecule has 2 aromatic rings. The van der Waals surface area contributed by atoms with E-state index in [0.29, 0.717) is 18.1 Å². The van der Waals surface area contributed by atoms with Crippen LogP contribution in [0.4, 0.5) is 0 Å². The highest BCUT2D eigenvalue weighted by Gasteiger charge is 2.13. The first-order chi connectivity index (χ1) is 9.08. The predicted octanol–water partition coefficient (Wildman–Crippen LogP) is 2.67. The molecule has 2 aromatic heterocycles. The number of rotatable bonds is 5. The van der Waals surface area contributed by atoms with Crippen molar-refractivity contribution in [2.45, 2.75) is 20.3 Å². The average Bonchev–Trinajstić information content (AvgIpc) is 2.80. The molecule has 100 valence electrons. The maximum Gasteiger partial charge on any atom is 0.225 e. The lowest BCUT2D eigenvalue weighted by atomic mass is 10.1. The smallest absolute Gasteiger partial charge is 0.225 e. The Morgan fingerprint density at radius 1 is 1.47 bits per heavy atom. The van der Waals surface area contributed by atoms with Gasteiger partial charge in [-0.3, -0.25) is 5.41 Å².